The molecule has 1 atom stereocenters. The lowest BCUT2D eigenvalue weighted by Gasteiger charge is -2.24. The molecule has 6 nitrogen and oxygen atoms in total. The third-order valence-electron chi connectivity index (χ3n) is 3.32. The molecule has 0 aromatic carbocycles. The summed E-state index contributed by atoms with van der Waals surface area (Å²) in [5.41, 5.74) is 0.835. The molecule has 2 rings (SSSR count). The molecule has 1 aliphatic heterocycles. The van der Waals surface area contributed by atoms with E-state index in [2.05, 4.69) is 9.97 Å². The van der Waals surface area contributed by atoms with Gasteiger partial charge in [-0.25, -0.2) is 4.98 Å². The third-order valence-corrected chi connectivity index (χ3v) is 3.32. The minimum Gasteiger partial charge on any atom is -0.481 e. The quantitative estimate of drug-likeness (QED) is 0.858. The monoisotopic (exact) mass is 279 g/mol. The van der Waals surface area contributed by atoms with E-state index in [9.17, 15) is 4.79 Å². The van der Waals surface area contributed by atoms with Gasteiger partial charge < -0.3 is 14.7 Å². The van der Waals surface area contributed by atoms with E-state index in [4.69, 9.17) is 9.84 Å². The molecule has 6 heteroatoms. The van der Waals surface area contributed by atoms with Crippen molar-refractivity contribution >= 4 is 11.9 Å². The molecule has 0 amide bonds. The van der Waals surface area contributed by atoms with Crippen LogP contribution in [0.3, 0.4) is 0 Å². The van der Waals surface area contributed by atoms with Crippen LogP contribution in [0.25, 0.3) is 0 Å². The number of anilines is 1. The highest BCUT2D eigenvalue weighted by molar-refractivity contribution is 5.68. The van der Waals surface area contributed by atoms with E-state index in [1.54, 1.807) is 6.07 Å². The summed E-state index contributed by atoms with van der Waals surface area (Å²) in [5, 5.41) is 8.97. The lowest BCUT2D eigenvalue weighted by molar-refractivity contribution is -0.137. The van der Waals surface area contributed by atoms with Crippen LogP contribution in [0.2, 0.25) is 0 Å². The molecule has 20 heavy (non-hydrogen) atoms. The summed E-state index contributed by atoms with van der Waals surface area (Å²) in [4.78, 5) is 21.7. The molecule has 2 heterocycles. The van der Waals surface area contributed by atoms with Gasteiger partial charge in [0.1, 0.15) is 0 Å². The number of carboxylic acid groups (broad SMARTS) is 1. The van der Waals surface area contributed by atoms with Crippen molar-refractivity contribution in [3.63, 3.8) is 0 Å². The van der Waals surface area contributed by atoms with Gasteiger partial charge in [-0.05, 0) is 26.2 Å². The topological polar surface area (TPSA) is 75.5 Å². The first-order valence-electron chi connectivity index (χ1n) is 7.07. The number of rotatable bonds is 6. The van der Waals surface area contributed by atoms with E-state index in [1.165, 1.54) is 0 Å². The minimum absolute atomic E-state index is 0.0201. The van der Waals surface area contributed by atoms with Crippen LogP contribution in [0.1, 0.15) is 38.3 Å². The zero-order valence-corrected chi connectivity index (χ0v) is 12.0. The van der Waals surface area contributed by atoms with Crippen LogP contribution in [-0.4, -0.2) is 40.2 Å². The van der Waals surface area contributed by atoms with Gasteiger partial charge in [0.15, 0.2) is 0 Å². The van der Waals surface area contributed by atoms with Gasteiger partial charge in [-0.3, -0.25) is 4.79 Å². The van der Waals surface area contributed by atoms with Gasteiger partial charge in [-0.2, -0.15) is 4.98 Å². The summed E-state index contributed by atoms with van der Waals surface area (Å²) in [6, 6.07) is 1.79. The van der Waals surface area contributed by atoms with E-state index in [0.29, 0.717) is 18.4 Å². The predicted molar refractivity (Wildman–Crippen MR) is 75.2 cm³/mol. The van der Waals surface area contributed by atoms with Crippen molar-refractivity contribution in [2.75, 3.05) is 18.1 Å². The number of aromatic nitrogens is 2. The molecule has 1 aliphatic rings. The number of ether oxygens (including phenoxy) is 1. The molecule has 1 saturated heterocycles. The number of aryl methyl sites for hydroxylation is 1. The van der Waals surface area contributed by atoms with Crippen molar-refractivity contribution in [1.29, 1.82) is 0 Å². The van der Waals surface area contributed by atoms with E-state index >= 15 is 0 Å². The Bertz CT molecular complexity index is 479. The van der Waals surface area contributed by atoms with E-state index in [0.717, 1.165) is 31.5 Å². The molecule has 0 spiro atoms. The molecule has 1 fully saturated rings. The smallest absolute Gasteiger partial charge is 0.305 e. The molecule has 0 bridgehead atoms. The summed E-state index contributed by atoms with van der Waals surface area (Å²) in [6.45, 7) is 5.35. The van der Waals surface area contributed by atoms with E-state index in [1.807, 2.05) is 18.7 Å². The van der Waals surface area contributed by atoms with Crippen molar-refractivity contribution in [3.05, 3.63) is 11.8 Å². The van der Waals surface area contributed by atoms with Crippen LogP contribution in [-0.2, 0) is 4.79 Å². The van der Waals surface area contributed by atoms with Crippen molar-refractivity contribution in [1.82, 2.24) is 9.97 Å². The SMILES string of the molecule is CCCOc1cc(C)nc(N2CCCC2CC(=O)O)n1. The van der Waals surface area contributed by atoms with Crippen LogP contribution in [0.4, 0.5) is 5.95 Å². The summed E-state index contributed by atoms with van der Waals surface area (Å²) < 4.78 is 5.56. The second-order valence-electron chi connectivity index (χ2n) is 5.08. The van der Waals surface area contributed by atoms with Gasteiger partial charge in [0.2, 0.25) is 11.8 Å². The standard InChI is InChI=1S/C14H21N3O3/c1-3-7-20-12-8-10(2)15-14(16-12)17-6-4-5-11(17)9-13(18)19/h8,11H,3-7,9H2,1-2H3,(H,18,19). The lowest BCUT2D eigenvalue weighted by Crippen LogP contribution is -2.32. The molecule has 1 aromatic heterocycles. The molecule has 110 valence electrons. The molecule has 0 aliphatic carbocycles. The maximum Gasteiger partial charge on any atom is 0.305 e. The second-order valence-corrected chi connectivity index (χ2v) is 5.08. The van der Waals surface area contributed by atoms with Gasteiger partial charge in [-0.15, -0.1) is 0 Å². The minimum atomic E-state index is -0.781. The maximum atomic E-state index is 10.9. The number of aliphatic carboxylic acids is 1. The number of nitrogens with zero attached hydrogens (tertiary/aromatic N) is 3. The highest BCUT2D eigenvalue weighted by Crippen LogP contribution is 2.26. The fraction of sp³-hybridized carbons (Fsp3) is 0.643. The zero-order chi connectivity index (χ0) is 14.5. The number of hydrogen-bond donors (Lipinski definition) is 1. The Kier molecular flexibility index (Phi) is 4.76. The van der Waals surface area contributed by atoms with Crippen molar-refractivity contribution in [3.8, 4) is 5.88 Å². The van der Waals surface area contributed by atoms with Gasteiger partial charge in [0.25, 0.3) is 0 Å². The molecular formula is C14H21N3O3. The van der Waals surface area contributed by atoms with Crippen molar-refractivity contribution in [2.45, 2.75) is 45.6 Å². The Morgan fingerprint density at radius 1 is 1.55 bits per heavy atom. The van der Waals surface area contributed by atoms with Crippen molar-refractivity contribution < 1.29 is 14.6 Å². The average Bonchev–Trinajstić information content (AvgIpc) is 2.83. The first-order valence-corrected chi connectivity index (χ1v) is 7.07. The fourth-order valence-electron chi connectivity index (χ4n) is 2.45. The van der Waals surface area contributed by atoms with E-state index in [-0.39, 0.29) is 12.5 Å². The van der Waals surface area contributed by atoms with Gasteiger partial charge in [0, 0.05) is 24.3 Å². The number of carbonyl (C=O) groups is 1. The largest absolute Gasteiger partial charge is 0.481 e. The Morgan fingerprint density at radius 3 is 3.05 bits per heavy atom. The predicted octanol–water partition coefficient (Wildman–Crippen LogP) is 2.02. The third kappa shape index (κ3) is 3.59. The molecule has 0 radical (unpaired) electrons. The highest BCUT2D eigenvalue weighted by Gasteiger charge is 2.29. The van der Waals surface area contributed by atoms with Crippen LogP contribution in [0, 0.1) is 6.92 Å². The lowest BCUT2D eigenvalue weighted by atomic mass is 10.1. The first kappa shape index (κ1) is 14.6. The molecule has 1 aromatic rings. The Hall–Kier alpha value is -1.85. The average molecular weight is 279 g/mol. The number of carboxylic acids is 1. The molecule has 1 N–H and O–H groups in total. The Labute approximate surface area is 118 Å². The van der Waals surface area contributed by atoms with Gasteiger partial charge in [0.05, 0.1) is 13.0 Å². The maximum absolute atomic E-state index is 10.9. The molecule has 1 unspecified atom stereocenters. The first-order chi connectivity index (χ1) is 9.60. The Balaban J connectivity index is 2.17. The summed E-state index contributed by atoms with van der Waals surface area (Å²) in [6.07, 6.45) is 2.89. The molecular weight excluding hydrogens is 258 g/mol. The van der Waals surface area contributed by atoms with Gasteiger partial charge in [-0.1, -0.05) is 6.92 Å². The zero-order valence-electron chi connectivity index (χ0n) is 12.0. The Morgan fingerprint density at radius 2 is 2.35 bits per heavy atom. The van der Waals surface area contributed by atoms with Crippen LogP contribution < -0.4 is 9.64 Å². The fourth-order valence-corrected chi connectivity index (χ4v) is 2.45. The van der Waals surface area contributed by atoms with Crippen LogP contribution in [0.5, 0.6) is 5.88 Å². The normalized spacial score (nSPS) is 18.3. The number of hydrogen-bond acceptors (Lipinski definition) is 5. The summed E-state index contributed by atoms with van der Waals surface area (Å²) in [7, 11) is 0. The summed E-state index contributed by atoms with van der Waals surface area (Å²) >= 11 is 0. The van der Waals surface area contributed by atoms with E-state index < -0.39 is 5.97 Å². The van der Waals surface area contributed by atoms with Crippen LogP contribution >= 0.6 is 0 Å². The van der Waals surface area contributed by atoms with Crippen molar-refractivity contribution in [2.24, 2.45) is 0 Å². The summed E-state index contributed by atoms with van der Waals surface area (Å²) in [5.74, 6) is 0.368. The van der Waals surface area contributed by atoms with Gasteiger partial charge >= 0.3 is 5.97 Å². The molecule has 0 saturated carbocycles. The highest BCUT2D eigenvalue weighted by atomic mass is 16.5. The second kappa shape index (κ2) is 6.54. The van der Waals surface area contributed by atoms with Crippen LogP contribution in [0.15, 0.2) is 6.07 Å².